The molecule has 0 radical (unpaired) electrons. The molecule has 320 valence electrons. The minimum Gasteiger partial charge on any atom is -0.485 e. The summed E-state index contributed by atoms with van der Waals surface area (Å²) in [6, 6.07) is 28.8. The number of hydrogen-bond donors (Lipinski definition) is 2. The molecule has 0 bridgehead atoms. The van der Waals surface area contributed by atoms with Gasteiger partial charge in [-0.1, -0.05) is 111 Å². The van der Waals surface area contributed by atoms with E-state index in [0.29, 0.717) is 42.2 Å². The third-order valence-electron chi connectivity index (χ3n) is 9.86. The second kappa shape index (κ2) is 18.2. The maximum absolute atomic E-state index is 13.5. The monoisotopic (exact) mass is 1100 g/mol. The van der Waals surface area contributed by atoms with Gasteiger partial charge in [-0.15, -0.1) is 24.0 Å². The van der Waals surface area contributed by atoms with Crippen molar-refractivity contribution >= 4 is 90.5 Å². The summed E-state index contributed by atoms with van der Waals surface area (Å²) in [5.74, 6) is -0.570. The van der Waals surface area contributed by atoms with Gasteiger partial charge in [-0.2, -0.15) is 26.3 Å². The average Bonchev–Trinajstić information content (AvgIpc) is 3.55. The number of nitrogens with zero attached hydrogens (tertiary/aromatic N) is 4. The van der Waals surface area contributed by atoms with Gasteiger partial charge in [0, 0.05) is 32.9 Å². The summed E-state index contributed by atoms with van der Waals surface area (Å²) in [6.07, 6.45) is -10.0. The lowest BCUT2D eigenvalue weighted by Gasteiger charge is -2.37. The number of thioether (sulfide) groups is 1. The highest BCUT2D eigenvalue weighted by molar-refractivity contribution is 14.0. The normalized spacial score (nSPS) is 22.9. The SMILES string of the molecule is CCSC1=NC2(CC(c3ccccc3)Oc3ccc(Br)cc32)C(=O)N1CC(F)(F)F.I.N.NC1=NC2(CC(c3ccccc3)Oc3ccc(Br)cc32)C(=O)N1CC(F)(F)F. The quantitative estimate of drug-likeness (QED) is 0.150. The van der Waals surface area contributed by atoms with Crippen LogP contribution in [0, 0.1) is 0 Å². The molecule has 0 fully saturated rings. The van der Waals surface area contributed by atoms with E-state index in [1.54, 1.807) is 36.4 Å². The highest BCUT2D eigenvalue weighted by Crippen LogP contribution is 2.53. The standard InChI is InChI=1S/C21H18BrF3N2O2S.C19H15BrF3N3O2.HI.H3N/c1-2-30-19-26-20(18(28)27(19)12-21(23,24)25)11-17(13-6-4-3-5-7-13)29-16-9-8-14(22)10-15(16)20;20-12-6-7-14-13(8-12)18(9-15(28-14)11-4-2-1-3-5-11)16(27)26(17(24)25-18)10-19(21,22)23;;/h3-10,17H,2,11-12H2,1H3;1-8,15H,9-10H2,(H2,24,25);1H;1H3. The fourth-order valence-electron chi connectivity index (χ4n) is 7.43. The molecule has 0 saturated carbocycles. The van der Waals surface area contributed by atoms with Crippen LogP contribution in [0.15, 0.2) is 116 Å². The predicted octanol–water partition coefficient (Wildman–Crippen LogP) is 10.3. The number of guanidine groups is 1. The largest absolute Gasteiger partial charge is 0.485 e. The summed E-state index contributed by atoms with van der Waals surface area (Å²) < 4.78 is 92.3. The number of amides is 2. The molecule has 10 nitrogen and oxygen atoms in total. The maximum Gasteiger partial charge on any atom is 0.406 e. The van der Waals surface area contributed by atoms with Crippen LogP contribution >= 0.6 is 67.6 Å². The number of benzene rings is 4. The Labute approximate surface area is 379 Å². The average molecular weight is 1100 g/mol. The smallest absolute Gasteiger partial charge is 0.406 e. The summed E-state index contributed by atoms with van der Waals surface area (Å²) in [6.45, 7) is -1.03. The molecule has 60 heavy (non-hydrogen) atoms. The Morgan fingerprint density at radius 3 is 1.57 bits per heavy atom. The molecule has 4 aromatic rings. The van der Waals surface area contributed by atoms with Crippen molar-refractivity contribution in [3.05, 3.63) is 128 Å². The minimum absolute atomic E-state index is 0. The van der Waals surface area contributed by atoms with Crippen LogP contribution < -0.4 is 21.4 Å². The number of nitrogens with two attached hydrogens (primary N) is 1. The molecule has 4 aliphatic heterocycles. The lowest BCUT2D eigenvalue weighted by atomic mass is 9.80. The second-order valence-corrected chi connectivity index (χ2v) is 16.8. The van der Waals surface area contributed by atoms with E-state index in [1.807, 2.05) is 67.6 Å². The summed E-state index contributed by atoms with van der Waals surface area (Å²) >= 11 is 7.87. The van der Waals surface area contributed by atoms with Gasteiger partial charge in [0.15, 0.2) is 22.2 Å². The summed E-state index contributed by atoms with van der Waals surface area (Å²) in [7, 11) is 0. The fraction of sp³-hybridized carbons (Fsp3) is 0.300. The van der Waals surface area contributed by atoms with E-state index in [0.717, 1.165) is 27.8 Å². The molecule has 2 spiro atoms. The number of carbonyl (C=O) groups excluding carboxylic acids is 2. The van der Waals surface area contributed by atoms with Gasteiger partial charge in [0.05, 0.1) is 0 Å². The van der Waals surface area contributed by atoms with Crippen LogP contribution in [-0.4, -0.2) is 63.9 Å². The van der Waals surface area contributed by atoms with Crippen molar-refractivity contribution in [2.24, 2.45) is 15.7 Å². The first-order valence-corrected chi connectivity index (χ1v) is 20.4. The van der Waals surface area contributed by atoms with Gasteiger partial charge in [-0.3, -0.25) is 19.4 Å². The van der Waals surface area contributed by atoms with Crippen molar-refractivity contribution < 1.29 is 45.4 Å². The molecule has 0 aliphatic carbocycles. The van der Waals surface area contributed by atoms with Gasteiger partial charge in [-0.25, -0.2) is 9.98 Å². The Bertz CT molecular complexity index is 2290. The predicted molar refractivity (Wildman–Crippen MR) is 234 cm³/mol. The molecule has 2 amide bonds. The van der Waals surface area contributed by atoms with Gasteiger partial charge in [0.2, 0.25) is 0 Å². The van der Waals surface area contributed by atoms with Crippen molar-refractivity contribution in [1.29, 1.82) is 0 Å². The van der Waals surface area contributed by atoms with Crippen molar-refractivity contribution in [3.63, 3.8) is 0 Å². The Balaban J connectivity index is 0.000000221. The lowest BCUT2D eigenvalue weighted by molar-refractivity contribution is -0.155. The van der Waals surface area contributed by atoms with Gasteiger partial charge in [0.1, 0.15) is 36.8 Å². The molecule has 4 aromatic carbocycles. The number of fused-ring (bicyclic) bond motifs is 4. The molecule has 8 rings (SSSR count). The van der Waals surface area contributed by atoms with Crippen LogP contribution in [-0.2, 0) is 20.7 Å². The van der Waals surface area contributed by atoms with E-state index < -0.39 is 66.5 Å². The Morgan fingerprint density at radius 1 is 0.717 bits per heavy atom. The fourth-order valence-corrected chi connectivity index (χ4v) is 8.93. The molecule has 5 N–H and O–H groups in total. The second-order valence-electron chi connectivity index (χ2n) is 13.8. The lowest BCUT2D eigenvalue weighted by Crippen LogP contribution is -2.48. The molecule has 4 unspecified atom stereocenters. The Kier molecular flexibility index (Phi) is 14.3. The van der Waals surface area contributed by atoms with Crippen LogP contribution in [0.25, 0.3) is 0 Å². The van der Waals surface area contributed by atoms with E-state index in [4.69, 9.17) is 15.2 Å². The van der Waals surface area contributed by atoms with Gasteiger partial charge >= 0.3 is 12.4 Å². The van der Waals surface area contributed by atoms with Crippen LogP contribution in [0.4, 0.5) is 26.3 Å². The van der Waals surface area contributed by atoms with E-state index in [2.05, 4.69) is 41.8 Å². The van der Waals surface area contributed by atoms with Crippen LogP contribution in [0.1, 0.15) is 54.2 Å². The third kappa shape index (κ3) is 9.46. The minimum atomic E-state index is -4.59. The first-order valence-electron chi connectivity index (χ1n) is 17.8. The van der Waals surface area contributed by atoms with Crippen LogP contribution in [0.3, 0.4) is 0 Å². The first kappa shape index (κ1) is 47.2. The van der Waals surface area contributed by atoms with E-state index in [1.165, 1.54) is 0 Å². The van der Waals surface area contributed by atoms with Crippen molar-refractivity contribution in [2.45, 2.75) is 55.4 Å². The van der Waals surface area contributed by atoms with Crippen molar-refractivity contribution in [2.75, 3.05) is 18.8 Å². The van der Waals surface area contributed by atoms with Crippen LogP contribution in [0.2, 0.25) is 0 Å². The Hall–Kier alpha value is -3.86. The first-order chi connectivity index (χ1) is 27.4. The van der Waals surface area contributed by atoms with Gasteiger partial charge in [-0.05, 0) is 53.3 Å². The molecule has 0 saturated heterocycles. The van der Waals surface area contributed by atoms with E-state index in [-0.39, 0.29) is 48.1 Å². The topological polar surface area (TPSA) is 145 Å². The molecule has 4 atom stereocenters. The van der Waals surface area contributed by atoms with Crippen molar-refractivity contribution in [3.8, 4) is 11.5 Å². The van der Waals surface area contributed by atoms with E-state index in [9.17, 15) is 35.9 Å². The summed E-state index contributed by atoms with van der Waals surface area (Å²) in [5.41, 5.74) is 5.26. The number of rotatable bonds is 5. The highest BCUT2D eigenvalue weighted by atomic mass is 127. The third-order valence-corrected chi connectivity index (χ3v) is 11.7. The molecule has 4 aliphatic rings. The summed E-state index contributed by atoms with van der Waals surface area (Å²) in [5, 5.41) is 0.0967. The van der Waals surface area contributed by atoms with Gasteiger partial charge < -0.3 is 21.4 Å². The number of hydrogen-bond acceptors (Lipinski definition) is 9. The number of ether oxygens (including phenoxy) is 2. The number of alkyl halides is 6. The Morgan fingerprint density at radius 2 is 1.13 bits per heavy atom. The molecule has 0 aromatic heterocycles. The van der Waals surface area contributed by atoms with E-state index >= 15 is 0 Å². The zero-order valence-corrected chi connectivity index (χ0v) is 37.8. The van der Waals surface area contributed by atoms with Gasteiger partial charge in [0.25, 0.3) is 11.8 Å². The number of halogens is 9. The van der Waals surface area contributed by atoms with Crippen LogP contribution in [0.5, 0.6) is 11.5 Å². The maximum atomic E-state index is 13.5. The number of carbonyl (C=O) groups is 2. The van der Waals surface area contributed by atoms with Crippen molar-refractivity contribution in [1.82, 2.24) is 16.0 Å². The molecular weight excluding hydrogens is 1060 g/mol. The number of aliphatic imine (C=N–C) groups is 2. The number of amidine groups is 1. The molecule has 20 heteroatoms. The zero-order valence-electron chi connectivity index (χ0n) is 31.5. The highest BCUT2D eigenvalue weighted by Gasteiger charge is 2.58. The zero-order chi connectivity index (χ0) is 41.6. The molecule has 4 heterocycles. The molecular formula is C40H37Br2F6IN6O4S. The summed E-state index contributed by atoms with van der Waals surface area (Å²) in [4.78, 5) is 36.9.